The number of aryl methyl sites for hydroxylation is 1. The van der Waals surface area contributed by atoms with Gasteiger partial charge in [0.1, 0.15) is 11.5 Å². The van der Waals surface area contributed by atoms with Crippen molar-refractivity contribution in [1.82, 2.24) is 9.55 Å². The zero-order valence-electron chi connectivity index (χ0n) is 14.2. The minimum absolute atomic E-state index is 0.00140. The van der Waals surface area contributed by atoms with Crippen LogP contribution in [0.3, 0.4) is 0 Å². The van der Waals surface area contributed by atoms with E-state index < -0.39 is 10.9 Å². The molecule has 1 heterocycles. The molecule has 8 nitrogen and oxygen atoms in total. The number of carboxylic acid groups (broad SMARTS) is 1. The van der Waals surface area contributed by atoms with Crippen molar-refractivity contribution >= 4 is 28.4 Å². The number of aliphatic carboxylic acids is 1. The quantitative estimate of drug-likeness (QED) is 0.498. The third-order valence-electron chi connectivity index (χ3n) is 4.16. The molecule has 0 saturated heterocycles. The molecule has 0 fully saturated rings. The molecular weight excluding hydrogens is 336 g/mol. The number of hydrogen-bond acceptors (Lipinski definition) is 5. The van der Waals surface area contributed by atoms with E-state index in [-0.39, 0.29) is 12.1 Å². The predicted octanol–water partition coefficient (Wildman–Crippen LogP) is 3.05. The number of nitrogens with zero attached hydrogens (tertiary/aromatic N) is 3. The lowest BCUT2D eigenvalue weighted by Gasteiger charge is -2.10. The number of nitro benzene ring substituents is 1. The molecule has 26 heavy (non-hydrogen) atoms. The number of anilines is 1. The van der Waals surface area contributed by atoms with Crippen molar-refractivity contribution in [2.75, 3.05) is 12.4 Å². The molecule has 2 N–H and O–H groups in total. The van der Waals surface area contributed by atoms with Crippen molar-refractivity contribution in [3.05, 3.63) is 64.0 Å². The highest BCUT2D eigenvalue weighted by atomic mass is 16.6. The molecule has 0 spiro atoms. The number of fused-ring (bicyclic) bond motifs is 1. The summed E-state index contributed by atoms with van der Waals surface area (Å²) in [5.74, 6) is -0.244. The Morgan fingerprint density at radius 1 is 1.31 bits per heavy atom. The van der Waals surface area contributed by atoms with Gasteiger partial charge in [-0.3, -0.25) is 14.9 Å². The second-order valence-corrected chi connectivity index (χ2v) is 5.86. The fourth-order valence-electron chi connectivity index (χ4n) is 2.93. The van der Waals surface area contributed by atoms with Crippen molar-refractivity contribution in [3.8, 4) is 0 Å². The van der Waals surface area contributed by atoms with Gasteiger partial charge in [-0.25, -0.2) is 4.98 Å². The molecule has 0 unspecified atom stereocenters. The number of hydrogen-bond donors (Lipinski definition) is 2. The molecule has 3 rings (SSSR count). The second kappa shape index (κ2) is 7.22. The Labute approximate surface area is 149 Å². The highest BCUT2D eigenvalue weighted by Gasteiger charge is 2.16. The largest absolute Gasteiger partial charge is 0.481 e. The number of benzene rings is 2. The van der Waals surface area contributed by atoms with Crippen molar-refractivity contribution in [3.63, 3.8) is 0 Å². The van der Waals surface area contributed by atoms with Crippen LogP contribution in [-0.2, 0) is 17.8 Å². The monoisotopic (exact) mass is 354 g/mol. The summed E-state index contributed by atoms with van der Waals surface area (Å²) in [5.41, 5.74) is 2.83. The van der Waals surface area contributed by atoms with Crippen LogP contribution in [0.5, 0.6) is 0 Å². The third-order valence-corrected chi connectivity index (χ3v) is 4.16. The van der Waals surface area contributed by atoms with E-state index in [1.54, 1.807) is 13.1 Å². The second-order valence-electron chi connectivity index (χ2n) is 5.86. The van der Waals surface area contributed by atoms with Gasteiger partial charge in [0.25, 0.3) is 5.69 Å². The smallest absolute Gasteiger partial charge is 0.303 e. The van der Waals surface area contributed by atoms with Gasteiger partial charge in [-0.05, 0) is 23.8 Å². The van der Waals surface area contributed by atoms with Crippen molar-refractivity contribution in [2.45, 2.75) is 19.4 Å². The molecule has 0 bridgehead atoms. The lowest BCUT2D eigenvalue weighted by molar-refractivity contribution is -0.384. The van der Waals surface area contributed by atoms with E-state index in [2.05, 4.69) is 10.3 Å². The molecule has 0 aliphatic heterocycles. The Morgan fingerprint density at radius 2 is 2.08 bits per heavy atom. The number of carboxylic acids is 1. The average molecular weight is 354 g/mol. The van der Waals surface area contributed by atoms with Crippen LogP contribution in [0.15, 0.2) is 42.5 Å². The highest BCUT2D eigenvalue weighted by Crippen LogP contribution is 2.26. The first-order valence-electron chi connectivity index (χ1n) is 8.10. The van der Waals surface area contributed by atoms with Gasteiger partial charge in [0.15, 0.2) is 0 Å². The Bertz CT molecular complexity index is 980. The Hall–Kier alpha value is -3.42. The summed E-state index contributed by atoms with van der Waals surface area (Å²) >= 11 is 0. The minimum Gasteiger partial charge on any atom is -0.481 e. The topological polar surface area (TPSA) is 110 Å². The maximum Gasteiger partial charge on any atom is 0.303 e. The fraction of sp³-hybridized carbons (Fsp3) is 0.222. The zero-order valence-corrected chi connectivity index (χ0v) is 14.2. The summed E-state index contributed by atoms with van der Waals surface area (Å²) in [6, 6.07) is 12.5. The van der Waals surface area contributed by atoms with Crippen molar-refractivity contribution in [2.24, 2.45) is 0 Å². The predicted molar refractivity (Wildman–Crippen MR) is 97.4 cm³/mol. The van der Waals surface area contributed by atoms with Gasteiger partial charge in [-0.1, -0.05) is 18.2 Å². The van der Waals surface area contributed by atoms with Gasteiger partial charge >= 0.3 is 5.97 Å². The van der Waals surface area contributed by atoms with E-state index >= 15 is 0 Å². The maximum absolute atomic E-state index is 11.3. The van der Waals surface area contributed by atoms with Gasteiger partial charge in [-0.2, -0.15) is 0 Å². The van der Waals surface area contributed by atoms with Crippen LogP contribution in [0.1, 0.15) is 17.8 Å². The summed E-state index contributed by atoms with van der Waals surface area (Å²) < 4.78 is 1.91. The average Bonchev–Trinajstić information content (AvgIpc) is 2.97. The number of carbonyl (C=O) groups is 1. The normalized spacial score (nSPS) is 10.8. The standard InChI is InChI=1S/C18H18N4O4/c1-19-13-7-6-12(10-16(13)22(25)26)11-21-15-5-3-2-4-14(15)20-17(21)8-9-18(23)24/h2-7,10,19H,8-9,11H2,1H3,(H,23,24). The summed E-state index contributed by atoms with van der Waals surface area (Å²) in [7, 11) is 1.63. The first-order valence-corrected chi connectivity index (χ1v) is 8.10. The van der Waals surface area contributed by atoms with Crippen molar-refractivity contribution < 1.29 is 14.8 Å². The molecule has 3 aromatic rings. The zero-order chi connectivity index (χ0) is 18.7. The molecule has 0 atom stereocenters. The molecular formula is C18H18N4O4. The van der Waals surface area contributed by atoms with Gasteiger partial charge in [0.05, 0.1) is 22.4 Å². The van der Waals surface area contributed by atoms with Gasteiger partial charge in [0.2, 0.25) is 0 Å². The maximum atomic E-state index is 11.3. The van der Waals surface area contributed by atoms with Crippen LogP contribution < -0.4 is 5.32 Å². The molecule has 0 radical (unpaired) electrons. The SMILES string of the molecule is CNc1ccc(Cn2c(CCC(=O)O)nc3ccccc32)cc1[N+](=O)[O-]. The molecule has 134 valence electrons. The molecule has 2 aromatic carbocycles. The van der Waals surface area contributed by atoms with E-state index in [0.29, 0.717) is 24.5 Å². The van der Waals surface area contributed by atoms with E-state index in [1.807, 2.05) is 34.9 Å². The van der Waals surface area contributed by atoms with E-state index in [9.17, 15) is 14.9 Å². The first kappa shape index (κ1) is 17.4. The van der Waals surface area contributed by atoms with Crippen LogP contribution in [-0.4, -0.2) is 32.6 Å². The summed E-state index contributed by atoms with van der Waals surface area (Å²) in [4.78, 5) is 26.3. The number of nitro groups is 1. The van der Waals surface area contributed by atoms with Crippen LogP contribution in [0.2, 0.25) is 0 Å². The van der Waals surface area contributed by atoms with Crippen LogP contribution in [0.25, 0.3) is 11.0 Å². The number of imidazole rings is 1. The molecule has 8 heteroatoms. The third kappa shape index (κ3) is 3.49. The van der Waals surface area contributed by atoms with Crippen LogP contribution in [0, 0.1) is 10.1 Å². The molecule has 0 aliphatic carbocycles. The van der Waals surface area contributed by atoms with E-state index in [1.165, 1.54) is 6.07 Å². The number of rotatable bonds is 7. The Balaban J connectivity index is 2.02. The van der Waals surface area contributed by atoms with Gasteiger partial charge < -0.3 is 15.0 Å². The van der Waals surface area contributed by atoms with Crippen molar-refractivity contribution in [1.29, 1.82) is 0 Å². The van der Waals surface area contributed by atoms with Gasteiger partial charge in [-0.15, -0.1) is 0 Å². The molecule has 0 aliphatic rings. The number of nitrogens with one attached hydrogen (secondary N) is 1. The number of aromatic nitrogens is 2. The first-order chi connectivity index (χ1) is 12.5. The molecule has 1 aromatic heterocycles. The summed E-state index contributed by atoms with van der Waals surface area (Å²) in [6.45, 7) is 0.375. The lowest BCUT2D eigenvalue weighted by Crippen LogP contribution is -2.08. The number of para-hydroxylation sites is 2. The Morgan fingerprint density at radius 3 is 2.77 bits per heavy atom. The molecule has 0 saturated carbocycles. The van der Waals surface area contributed by atoms with Crippen LogP contribution >= 0.6 is 0 Å². The highest BCUT2D eigenvalue weighted by molar-refractivity contribution is 5.76. The lowest BCUT2D eigenvalue weighted by atomic mass is 10.1. The van der Waals surface area contributed by atoms with E-state index in [0.717, 1.165) is 16.6 Å². The fourth-order valence-corrected chi connectivity index (χ4v) is 2.93. The Kier molecular flexibility index (Phi) is 4.83. The van der Waals surface area contributed by atoms with Gasteiger partial charge in [0, 0.05) is 26.1 Å². The van der Waals surface area contributed by atoms with E-state index in [4.69, 9.17) is 5.11 Å². The summed E-state index contributed by atoms with van der Waals surface area (Å²) in [6.07, 6.45) is 0.267. The minimum atomic E-state index is -0.891. The molecule has 0 amide bonds. The summed E-state index contributed by atoms with van der Waals surface area (Å²) in [5, 5.41) is 23.1. The van der Waals surface area contributed by atoms with Crippen LogP contribution in [0.4, 0.5) is 11.4 Å².